The number of phenolic OH excluding ortho intramolecular Hbond substituents is 1. The molecular weight excluding hydrogens is 224 g/mol. The highest BCUT2D eigenvalue weighted by atomic mass is 16.3. The maximum Gasteiger partial charge on any atom is 0.219 e. The highest BCUT2D eigenvalue weighted by Gasteiger charge is 2.06. The molecule has 2 heteroatoms. The first-order valence-electron chi connectivity index (χ1n) is 5.53. The minimum Gasteiger partial charge on any atom is -0.507 e. The van der Waals surface area contributed by atoms with Crippen LogP contribution in [0.5, 0.6) is 5.75 Å². The molecule has 1 unspecified atom stereocenters. The Morgan fingerprint density at radius 1 is 0.944 bits per heavy atom. The van der Waals surface area contributed by atoms with Crippen molar-refractivity contribution in [2.75, 3.05) is 0 Å². The predicted octanol–water partition coefficient (Wildman–Crippen LogP) is 2.64. The van der Waals surface area contributed by atoms with Crippen LogP contribution in [0.4, 0.5) is 0 Å². The Morgan fingerprint density at radius 2 is 1.61 bits per heavy atom. The van der Waals surface area contributed by atoms with Gasteiger partial charge in [0.1, 0.15) is 11.7 Å². The van der Waals surface area contributed by atoms with Crippen LogP contribution in [0.25, 0.3) is 0 Å². The molecule has 2 nitrogen and oxygen atoms in total. The van der Waals surface area contributed by atoms with Crippen molar-refractivity contribution in [1.82, 2.24) is 0 Å². The van der Waals surface area contributed by atoms with Crippen molar-refractivity contribution in [3.05, 3.63) is 65.7 Å². The average molecular weight is 235 g/mol. The molecule has 1 N–H and O–H groups in total. The van der Waals surface area contributed by atoms with E-state index in [2.05, 4.69) is 11.8 Å². The topological polar surface area (TPSA) is 37.3 Å². The van der Waals surface area contributed by atoms with Crippen molar-refractivity contribution >= 4 is 6.29 Å². The molecule has 0 saturated heterocycles. The number of benzene rings is 2. The Balaban J connectivity index is 2.28. The third kappa shape index (κ3) is 2.78. The molecule has 0 fully saturated rings. The Bertz CT molecular complexity index is 591. The molecule has 0 aliphatic carbocycles. The van der Waals surface area contributed by atoms with E-state index in [1.165, 1.54) is 0 Å². The molecule has 0 saturated carbocycles. The van der Waals surface area contributed by atoms with Crippen LogP contribution in [0.3, 0.4) is 0 Å². The van der Waals surface area contributed by atoms with Gasteiger partial charge in [-0.05, 0) is 17.7 Å². The minimum atomic E-state index is -0.592. The number of hydrogen-bond acceptors (Lipinski definition) is 2. The van der Waals surface area contributed by atoms with Gasteiger partial charge in [-0.3, -0.25) is 4.79 Å². The number of rotatable bonds is 2. The standard InChI is InChI=1S/C16H11O2/c17-12-15(13-6-2-1-3-7-13)11-10-14-8-4-5-9-16(14)18/h1-9,15,18H. The van der Waals surface area contributed by atoms with E-state index in [9.17, 15) is 9.90 Å². The van der Waals surface area contributed by atoms with Crippen LogP contribution in [0.2, 0.25) is 0 Å². The summed E-state index contributed by atoms with van der Waals surface area (Å²) in [5.41, 5.74) is 1.31. The van der Waals surface area contributed by atoms with Gasteiger partial charge in [-0.25, -0.2) is 0 Å². The van der Waals surface area contributed by atoms with Crippen molar-refractivity contribution in [2.45, 2.75) is 5.92 Å². The zero-order chi connectivity index (χ0) is 12.8. The van der Waals surface area contributed by atoms with E-state index in [1.807, 2.05) is 36.6 Å². The maximum absolute atomic E-state index is 10.9. The first-order chi connectivity index (χ1) is 8.81. The van der Waals surface area contributed by atoms with E-state index in [1.54, 1.807) is 24.3 Å². The third-order valence-corrected chi connectivity index (χ3v) is 2.51. The molecule has 2 aromatic carbocycles. The molecule has 0 bridgehead atoms. The molecule has 0 spiro atoms. The highest BCUT2D eigenvalue weighted by molar-refractivity contribution is 5.69. The molecule has 0 amide bonds. The molecule has 0 aliphatic heterocycles. The van der Waals surface area contributed by atoms with E-state index >= 15 is 0 Å². The van der Waals surface area contributed by atoms with Gasteiger partial charge in [0.25, 0.3) is 0 Å². The second-order valence-electron chi connectivity index (χ2n) is 3.75. The van der Waals surface area contributed by atoms with Gasteiger partial charge in [-0.1, -0.05) is 54.3 Å². The molecular formula is C16H11O2. The van der Waals surface area contributed by atoms with E-state index in [0.717, 1.165) is 5.56 Å². The summed E-state index contributed by atoms with van der Waals surface area (Å²) in [5, 5.41) is 9.57. The fourth-order valence-electron chi connectivity index (χ4n) is 1.56. The number of hydrogen-bond donors (Lipinski definition) is 1. The second kappa shape index (κ2) is 5.70. The predicted molar refractivity (Wildman–Crippen MR) is 69.9 cm³/mol. The van der Waals surface area contributed by atoms with Crippen molar-refractivity contribution in [2.24, 2.45) is 0 Å². The van der Waals surface area contributed by atoms with E-state index < -0.39 is 5.92 Å². The van der Waals surface area contributed by atoms with Gasteiger partial charge in [-0.2, -0.15) is 0 Å². The smallest absolute Gasteiger partial charge is 0.219 e. The van der Waals surface area contributed by atoms with Gasteiger partial charge in [0.2, 0.25) is 6.29 Å². The van der Waals surface area contributed by atoms with Crippen molar-refractivity contribution in [1.29, 1.82) is 0 Å². The van der Waals surface area contributed by atoms with E-state index in [0.29, 0.717) is 5.56 Å². The van der Waals surface area contributed by atoms with Gasteiger partial charge in [0, 0.05) is 0 Å². The second-order valence-corrected chi connectivity index (χ2v) is 3.75. The Labute approximate surface area is 106 Å². The van der Waals surface area contributed by atoms with E-state index in [4.69, 9.17) is 0 Å². The summed E-state index contributed by atoms with van der Waals surface area (Å²) >= 11 is 0. The molecule has 2 rings (SSSR count). The van der Waals surface area contributed by atoms with Crippen LogP contribution >= 0.6 is 0 Å². The van der Waals surface area contributed by atoms with Crippen LogP contribution in [0.15, 0.2) is 54.6 Å². The molecule has 87 valence electrons. The van der Waals surface area contributed by atoms with Crippen LogP contribution in [-0.4, -0.2) is 11.4 Å². The third-order valence-electron chi connectivity index (χ3n) is 2.51. The summed E-state index contributed by atoms with van der Waals surface area (Å²) in [6.45, 7) is 0. The van der Waals surface area contributed by atoms with Crippen LogP contribution in [0.1, 0.15) is 17.0 Å². The quantitative estimate of drug-likeness (QED) is 0.812. The van der Waals surface area contributed by atoms with Gasteiger partial charge in [0.15, 0.2) is 0 Å². The Morgan fingerprint density at radius 3 is 2.28 bits per heavy atom. The lowest BCUT2D eigenvalue weighted by atomic mass is 10.0. The van der Waals surface area contributed by atoms with Crippen LogP contribution in [0, 0.1) is 11.8 Å². The molecule has 0 heterocycles. The number of carbonyl (C=O) groups excluding carboxylic acids is 1. The zero-order valence-corrected chi connectivity index (χ0v) is 9.63. The van der Waals surface area contributed by atoms with Gasteiger partial charge in [0.05, 0.1) is 5.56 Å². The lowest BCUT2D eigenvalue weighted by Gasteiger charge is -2.01. The molecule has 0 aliphatic rings. The Hall–Kier alpha value is -2.53. The number of phenols is 1. The summed E-state index contributed by atoms with van der Waals surface area (Å²) in [5.74, 6) is 5.13. The van der Waals surface area contributed by atoms with Crippen LogP contribution in [-0.2, 0) is 4.79 Å². The summed E-state index contributed by atoms with van der Waals surface area (Å²) in [6.07, 6.45) is 1.90. The maximum atomic E-state index is 10.9. The SMILES string of the molecule is O=[C]C(C#Cc1ccccc1O)c1ccccc1. The van der Waals surface area contributed by atoms with Crippen molar-refractivity contribution in [3.8, 4) is 17.6 Å². The van der Waals surface area contributed by atoms with Gasteiger partial charge < -0.3 is 5.11 Å². The minimum absolute atomic E-state index is 0.114. The molecule has 0 aromatic heterocycles. The Kier molecular flexibility index (Phi) is 3.78. The monoisotopic (exact) mass is 235 g/mol. The van der Waals surface area contributed by atoms with Gasteiger partial charge >= 0.3 is 0 Å². The molecule has 1 atom stereocenters. The van der Waals surface area contributed by atoms with E-state index in [-0.39, 0.29) is 5.75 Å². The highest BCUT2D eigenvalue weighted by Crippen LogP contribution is 2.16. The van der Waals surface area contributed by atoms with Gasteiger partial charge in [-0.15, -0.1) is 0 Å². The molecule has 18 heavy (non-hydrogen) atoms. The fourth-order valence-corrected chi connectivity index (χ4v) is 1.56. The van der Waals surface area contributed by atoms with Crippen LogP contribution < -0.4 is 0 Å². The number of para-hydroxylation sites is 1. The largest absolute Gasteiger partial charge is 0.507 e. The number of aromatic hydroxyl groups is 1. The fraction of sp³-hybridized carbons (Fsp3) is 0.0625. The summed E-state index contributed by atoms with van der Waals surface area (Å²) in [6, 6.07) is 16.0. The lowest BCUT2D eigenvalue weighted by molar-refractivity contribution is 0.473. The van der Waals surface area contributed by atoms with Crippen molar-refractivity contribution in [3.63, 3.8) is 0 Å². The first kappa shape index (κ1) is 11.9. The molecule has 2 aromatic rings. The first-order valence-corrected chi connectivity index (χ1v) is 5.53. The molecule has 1 radical (unpaired) electrons. The summed E-state index contributed by atoms with van der Waals surface area (Å²) in [4.78, 5) is 10.9. The summed E-state index contributed by atoms with van der Waals surface area (Å²) < 4.78 is 0. The zero-order valence-electron chi connectivity index (χ0n) is 9.63. The average Bonchev–Trinajstić information content (AvgIpc) is 2.42. The summed E-state index contributed by atoms with van der Waals surface area (Å²) in [7, 11) is 0. The van der Waals surface area contributed by atoms with Crippen molar-refractivity contribution < 1.29 is 9.90 Å². The lowest BCUT2D eigenvalue weighted by Crippen LogP contribution is -1.96. The normalized spacial score (nSPS) is 11.1.